The Bertz CT molecular complexity index is 223. The predicted octanol–water partition coefficient (Wildman–Crippen LogP) is 1.06. The third-order valence-electron chi connectivity index (χ3n) is 2.79. The zero-order valence-electron chi connectivity index (χ0n) is 10.6. The van der Waals surface area contributed by atoms with Crippen LogP contribution >= 0.6 is 0 Å². The highest BCUT2D eigenvalue weighted by Gasteiger charge is 2.27. The summed E-state index contributed by atoms with van der Waals surface area (Å²) in [6.45, 7) is 8.51. The highest BCUT2D eigenvalue weighted by atomic mass is 16.5. The second kappa shape index (κ2) is 6.21. The summed E-state index contributed by atoms with van der Waals surface area (Å²) in [5.41, 5.74) is -0.0869. The molecule has 2 N–H and O–H groups in total. The molecule has 1 fully saturated rings. The lowest BCUT2D eigenvalue weighted by molar-refractivity contribution is -0.124. The lowest BCUT2D eigenvalue weighted by atomic mass is 9.96. The summed E-state index contributed by atoms with van der Waals surface area (Å²) in [5, 5.41) is 6.18. The predicted molar refractivity (Wildman–Crippen MR) is 64.4 cm³/mol. The highest BCUT2D eigenvalue weighted by molar-refractivity contribution is 5.76. The van der Waals surface area contributed by atoms with Gasteiger partial charge in [-0.25, -0.2) is 0 Å². The fraction of sp³-hybridized carbons (Fsp3) is 0.917. The number of carbonyl (C=O) groups excluding carboxylic acids is 1. The van der Waals surface area contributed by atoms with E-state index in [1.54, 1.807) is 0 Å². The molecule has 1 aliphatic rings. The third-order valence-corrected chi connectivity index (χ3v) is 2.79. The minimum absolute atomic E-state index is 0.0716. The van der Waals surface area contributed by atoms with Crippen LogP contribution in [0.2, 0.25) is 0 Å². The molecule has 0 bridgehead atoms. The number of piperidine rings is 1. The number of nitrogens with one attached hydrogen (secondary N) is 2. The number of amides is 1. The Hall–Kier alpha value is -0.610. The van der Waals surface area contributed by atoms with Crippen LogP contribution in [-0.4, -0.2) is 37.2 Å². The number of ether oxygens (including phenoxy) is 1. The molecule has 1 rings (SSSR count). The van der Waals surface area contributed by atoms with E-state index in [9.17, 15) is 4.79 Å². The summed E-state index contributed by atoms with van der Waals surface area (Å²) >= 11 is 0. The van der Waals surface area contributed by atoms with Crippen molar-refractivity contribution in [1.29, 1.82) is 0 Å². The van der Waals surface area contributed by atoms with Gasteiger partial charge in [-0.05, 0) is 40.2 Å². The van der Waals surface area contributed by atoms with E-state index in [2.05, 4.69) is 17.6 Å². The first kappa shape index (κ1) is 13.5. The first-order valence-electron chi connectivity index (χ1n) is 6.16. The number of carbonyl (C=O) groups is 1. The molecule has 0 saturated carbocycles. The zero-order chi connectivity index (χ0) is 12.0. The molecule has 1 saturated heterocycles. The molecule has 1 heterocycles. The van der Waals surface area contributed by atoms with Gasteiger partial charge in [-0.15, -0.1) is 0 Å². The Morgan fingerprint density at radius 3 is 2.88 bits per heavy atom. The van der Waals surface area contributed by atoms with Crippen LogP contribution in [0.4, 0.5) is 0 Å². The van der Waals surface area contributed by atoms with Crippen LogP contribution in [-0.2, 0) is 9.53 Å². The molecule has 1 atom stereocenters. The maximum atomic E-state index is 11.4. The summed E-state index contributed by atoms with van der Waals surface area (Å²) < 4.78 is 5.80. The number of hydrogen-bond donors (Lipinski definition) is 2. The summed E-state index contributed by atoms with van der Waals surface area (Å²) in [6, 6.07) is 0.208. The molecule has 0 aliphatic carbocycles. The van der Waals surface area contributed by atoms with Crippen molar-refractivity contribution in [3.05, 3.63) is 0 Å². The minimum atomic E-state index is -0.0869. The van der Waals surface area contributed by atoms with Crippen LogP contribution < -0.4 is 10.6 Å². The van der Waals surface area contributed by atoms with Gasteiger partial charge in [0, 0.05) is 19.0 Å². The van der Waals surface area contributed by atoms with Gasteiger partial charge in [0.05, 0.1) is 12.2 Å². The summed E-state index contributed by atoms with van der Waals surface area (Å²) in [7, 11) is 0. The van der Waals surface area contributed by atoms with Crippen LogP contribution in [0.5, 0.6) is 0 Å². The topological polar surface area (TPSA) is 50.4 Å². The van der Waals surface area contributed by atoms with Crippen LogP contribution in [0.3, 0.4) is 0 Å². The molecule has 1 aliphatic heterocycles. The second-order valence-electron chi connectivity index (χ2n) is 5.05. The van der Waals surface area contributed by atoms with Crippen molar-refractivity contribution in [3.63, 3.8) is 0 Å². The molecule has 0 spiro atoms. The zero-order valence-corrected chi connectivity index (χ0v) is 10.6. The van der Waals surface area contributed by atoms with E-state index in [4.69, 9.17) is 4.74 Å². The van der Waals surface area contributed by atoms with Crippen LogP contribution in [0.15, 0.2) is 0 Å². The molecule has 94 valence electrons. The van der Waals surface area contributed by atoms with E-state index in [0.29, 0.717) is 13.0 Å². The monoisotopic (exact) mass is 228 g/mol. The van der Waals surface area contributed by atoms with Gasteiger partial charge in [0.25, 0.3) is 0 Å². The minimum Gasteiger partial charge on any atom is -0.373 e. The van der Waals surface area contributed by atoms with Crippen molar-refractivity contribution in [3.8, 4) is 0 Å². The first-order chi connectivity index (χ1) is 7.52. The second-order valence-corrected chi connectivity index (χ2v) is 5.05. The van der Waals surface area contributed by atoms with Gasteiger partial charge in [0.2, 0.25) is 5.91 Å². The SMILES string of the molecule is CC(C)NC(=O)CCOC1(C)CCCNC1. The molecule has 0 aromatic carbocycles. The van der Waals surface area contributed by atoms with E-state index < -0.39 is 0 Å². The lowest BCUT2D eigenvalue weighted by Gasteiger charge is -2.34. The van der Waals surface area contributed by atoms with E-state index in [1.165, 1.54) is 0 Å². The van der Waals surface area contributed by atoms with Crippen LogP contribution in [0.25, 0.3) is 0 Å². The molecule has 0 radical (unpaired) electrons. The Kier molecular flexibility index (Phi) is 5.22. The van der Waals surface area contributed by atoms with E-state index in [1.807, 2.05) is 13.8 Å². The standard InChI is InChI=1S/C12H24N2O2/c1-10(2)14-11(15)5-8-16-12(3)6-4-7-13-9-12/h10,13H,4-9H2,1-3H3,(H,14,15). The van der Waals surface area contributed by atoms with Crippen molar-refractivity contribution in [2.45, 2.75) is 51.7 Å². The van der Waals surface area contributed by atoms with Crippen molar-refractivity contribution >= 4 is 5.91 Å². The fourth-order valence-corrected chi connectivity index (χ4v) is 1.94. The highest BCUT2D eigenvalue weighted by Crippen LogP contribution is 2.19. The summed E-state index contributed by atoms with van der Waals surface area (Å²) in [6.07, 6.45) is 2.67. The fourth-order valence-electron chi connectivity index (χ4n) is 1.94. The molecule has 4 heteroatoms. The Morgan fingerprint density at radius 2 is 2.31 bits per heavy atom. The van der Waals surface area contributed by atoms with Gasteiger partial charge in [-0.2, -0.15) is 0 Å². The van der Waals surface area contributed by atoms with Gasteiger partial charge >= 0.3 is 0 Å². The maximum Gasteiger partial charge on any atom is 0.222 e. The van der Waals surface area contributed by atoms with Gasteiger partial charge in [-0.3, -0.25) is 4.79 Å². The van der Waals surface area contributed by atoms with Crippen LogP contribution in [0, 0.1) is 0 Å². The molecule has 4 nitrogen and oxygen atoms in total. The average molecular weight is 228 g/mol. The van der Waals surface area contributed by atoms with Gasteiger partial charge < -0.3 is 15.4 Å². The summed E-state index contributed by atoms with van der Waals surface area (Å²) in [4.78, 5) is 11.4. The summed E-state index contributed by atoms with van der Waals surface area (Å²) in [5.74, 6) is 0.0716. The molecular weight excluding hydrogens is 204 g/mol. The van der Waals surface area contributed by atoms with Crippen molar-refractivity contribution in [2.24, 2.45) is 0 Å². The van der Waals surface area contributed by atoms with E-state index >= 15 is 0 Å². The Labute approximate surface area is 98.1 Å². The van der Waals surface area contributed by atoms with E-state index in [0.717, 1.165) is 25.9 Å². The largest absolute Gasteiger partial charge is 0.373 e. The quantitative estimate of drug-likeness (QED) is 0.740. The van der Waals surface area contributed by atoms with Gasteiger partial charge in [0.15, 0.2) is 0 Å². The first-order valence-corrected chi connectivity index (χ1v) is 6.16. The van der Waals surface area contributed by atoms with Crippen molar-refractivity contribution < 1.29 is 9.53 Å². The van der Waals surface area contributed by atoms with Gasteiger partial charge in [0.1, 0.15) is 0 Å². The van der Waals surface area contributed by atoms with Crippen molar-refractivity contribution in [2.75, 3.05) is 19.7 Å². The lowest BCUT2D eigenvalue weighted by Crippen LogP contribution is -2.45. The van der Waals surface area contributed by atoms with Gasteiger partial charge in [-0.1, -0.05) is 0 Å². The smallest absolute Gasteiger partial charge is 0.222 e. The van der Waals surface area contributed by atoms with Crippen LogP contribution in [0.1, 0.15) is 40.0 Å². The molecule has 1 amide bonds. The number of rotatable bonds is 5. The molecular formula is C12H24N2O2. The molecule has 0 aromatic heterocycles. The Balaban J connectivity index is 2.16. The Morgan fingerprint density at radius 1 is 1.56 bits per heavy atom. The normalized spacial score (nSPS) is 25.8. The maximum absolute atomic E-state index is 11.4. The average Bonchev–Trinajstić information content (AvgIpc) is 2.17. The van der Waals surface area contributed by atoms with E-state index in [-0.39, 0.29) is 17.6 Å². The molecule has 0 aromatic rings. The molecule has 16 heavy (non-hydrogen) atoms. The van der Waals surface area contributed by atoms with Crippen molar-refractivity contribution in [1.82, 2.24) is 10.6 Å². The third kappa shape index (κ3) is 4.94. The number of hydrogen-bond acceptors (Lipinski definition) is 3. The molecule has 1 unspecified atom stereocenters.